The van der Waals surface area contributed by atoms with Crippen LogP contribution in [0.25, 0.3) is 22.0 Å². The molecule has 3 heteroatoms. The number of hydrogen-bond acceptors (Lipinski definition) is 2. The lowest BCUT2D eigenvalue weighted by Gasteiger charge is -2.13. The van der Waals surface area contributed by atoms with Gasteiger partial charge in [-0.25, -0.2) is 4.79 Å². The van der Waals surface area contributed by atoms with E-state index < -0.39 is 5.97 Å². The maximum absolute atomic E-state index is 11.2. The molecule has 0 aliphatic heterocycles. The highest BCUT2D eigenvalue weighted by Gasteiger charge is 2.11. The molecule has 4 aromatic rings. The van der Waals surface area contributed by atoms with Gasteiger partial charge in [0.2, 0.25) is 0 Å². The monoisotopic (exact) mass is 353 g/mol. The summed E-state index contributed by atoms with van der Waals surface area (Å²) >= 11 is 0. The van der Waals surface area contributed by atoms with Crippen LogP contribution >= 0.6 is 0 Å². The van der Waals surface area contributed by atoms with Gasteiger partial charge in [-0.2, -0.15) is 0 Å². The highest BCUT2D eigenvalue weighted by atomic mass is 16.4. The van der Waals surface area contributed by atoms with Gasteiger partial charge in [-0.05, 0) is 47.2 Å². The number of para-hydroxylation sites is 1. The quantitative estimate of drug-likeness (QED) is 0.527. The molecule has 0 amide bonds. The molecule has 3 nitrogen and oxygen atoms in total. The van der Waals surface area contributed by atoms with Gasteiger partial charge in [-0.1, -0.05) is 66.7 Å². The molecule has 0 unspecified atom stereocenters. The lowest BCUT2D eigenvalue weighted by molar-refractivity contribution is 0.0696. The molecule has 0 atom stereocenters. The van der Waals surface area contributed by atoms with Crippen molar-refractivity contribution in [2.45, 2.75) is 13.3 Å². The molecule has 4 rings (SSSR count). The summed E-state index contributed by atoms with van der Waals surface area (Å²) in [6.07, 6.45) is 2.19. The summed E-state index contributed by atoms with van der Waals surface area (Å²) in [6.45, 7) is 2.15. The number of aromatic nitrogens is 1. The van der Waals surface area contributed by atoms with E-state index in [-0.39, 0.29) is 5.56 Å². The molecule has 0 fully saturated rings. The van der Waals surface area contributed by atoms with Crippen LogP contribution in [-0.4, -0.2) is 16.1 Å². The summed E-state index contributed by atoms with van der Waals surface area (Å²) in [4.78, 5) is 15.6. The Bertz CT molecular complexity index is 1130. The van der Waals surface area contributed by atoms with Crippen LogP contribution in [0.5, 0.6) is 0 Å². The van der Waals surface area contributed by atoms with E-state index in [1.165, 1.54) is 28.5 Å². The van der Waals surface area contributed by atoms with E-state index in [2.05, 4.69) is 60.4 Å². The zero-order valence-corrected chi connectivity index (χ0v) is 15.0. The fourth-order valence-electron chi connectivity index (χ4n) is 3.49. The van der Waals surface area contributed by atoms with Gasteiger partial charge < -0.3 is 5.11 Å². The van der Waals surface area contributed by atoms with E-state index in [0.29, 0.717) is 0 Å². The van der Waals surface area contributed by atoms with Gasteiger partial charge >= 0.3 is 5.97 Å². The van der Waals surface area contributed by atoms with Gasteiger partial charge in [-0.15, -0.1) is 0 Å². The minimum absolute atomic E-state index is 0.210. The van der Waals surface area contributed by atoms with Crippen molar-refractivity contribution in [1.82, 2.24) is 4.98 Å². The molecule has 0 spiro atoms. The number of carboxylic acid groups (broad SMARTS) is 1. The molecule has 0 aliphatic rings. The van der Waals surface area contributed by atoms with E-state index in [1.807, 2.05) is 18.2 Å². The van der Waals surface area contributed by atoms with Gasteiger partial charge in [-0.3, -0.25) is 4.98 Å². The molecule has 1 N–H and O–H groups in total. The third-order valence-corrected chi connectivity index (χ3v) is 4.95. The van der Waals surface area contributed by atoms with Crippen molar-refractivity contribution in [3.63, 3.8) is 0 Å². The first-order valence-corrected chi connectivity index (χ1v) is 8.88. The predicted octanol–water partition coefficient (Wildman–Crippen LogP) is 5.50. The van der Waals surface area contributed by atoms with E-state index in [9.17, 15) is 9.90 Å². The zero-order valence-electron chi connectivity index (χ0n) is 15.0. The predicted molar refractivity (Wildman–Crippen MR) is 108 cm³/mol. The third kappa shape index (κ3) is 3.32. The van der Waals surface area contributed by atoms with Crippen molar-refractivity contribution in [2.24, 2.45) is 0 Å². The Labute approximate surface area is 157 Å². The fourth-order valence-corrected chi connectivity index (χ4v) is 3.49. The lowest BCUT2D eigenvalue weighted by atomic mass is 9.92. The Morgan fingerprint density at radius 2 is 1.67 bits per heavy atom. The van der Waals surface area contributed by atoms with Gasteiger partial charge in [0.15, 0.2) is 0 Å². The SMILES string of the molecule is Cc1c(Cc2cccc3cc(C(=O)O)cnc23)cccc1-c1ccccc1. The van der Waals surface area contributed by atoms with Crippen LogP contribution in [0.2, 0.25) is 0 Å². The van der Waals surface area contributed by atoms with Gasteiger partial charge in [0.25, 0.3) is 0 Å². The normalized spacial score (nSPS) is 10.9. The van der Waals surface area contributed by atoms with E-state index in [0.717, 1.165) is 22.9 Å². The van der Waals surface area contributed by atoms with Crippen LogP contribution in [-0.2, 0) is 6.42 Å². The van der Waals surface area contributed by atoms with Gasteiger partial charge in [0.1, 0.15) is 0 Å². The fraction of sp³-hybridized carbons (Fsp3) is 0.0833. The number of hydrogen-bond donors (Lipinski definition) is 1. The number of pyridine rings is 1. The number of fused-ring (bicyclic) bond motifs is 1. The zero-order chi connectivity index (χ0) is 18.8. The van der Waals surface area contributed by atoms with Crippen LogP contribution in [0.4, 0.5) is 0 Å². The summed E-state index contributed by atoms with van der Waals surface area (Å²) in [5.41, 5.74) is 7.09. The van der Waals surface area contributed by atoms with E-state index in [1.54, 1.807) is 6.07 Å². The first-order chi connectivity index (χ1) is 13.1. The number of rotatable bonds is 4. The summed E-state index contributed by atoms with van der Waals surface area (Å²) in [6, 6.07) is 24.4. The molecule has 3 aromatic carbocycles. The van der Waals surface area contributed by atoms with Crippen molar-refractivity contribution >= 4 is 16.9 Å². The molecule has 0 radical (unpaired) electrons. The highest BCUT2D eigenvalue weighted by Crippen LogP contribution is 2.28. The van der Waals surface area contributed by atoms with Crippen molar-refractivity contribution in [3.05, 3.63) is 101 Å². The molecule has 0 saturated carbocycles. The number of carboxylic acids is 1. The second-order valence-electron chi connectivity index (χ2n) is 6.65. The molecular weight excluding hydrogens is 334 g/mol. The van der Waals surface area contributed by atoms with Gasteiger partial charge in [0.05, 0.1) is 11.1 Å². The molecule has 1 heterocycles. The Balaban J connectivity index is 1.76. The number of nitrogens with zero attached hydrogens (tertiary/aromatic N) is 1. The molecular formula is C24H19NO2. The van der Waals surface area contributed by atoms with Crippen molar-refractivity contribution < 1.29 is 9.90 Å². The maximum atomic E-state index is 11.2. The standard InChI is InChI=1S/C24H19NO2/c1-16-18(9-6-12-22(16)17-7-3-2-4-8-17)13-19-10-5-11-20-14-21(24(26)27)15-25-23(19)20/h2-12,14-15H,13H2,1H3,(H,26,27). The van der Waals surface area contributed by atoms with E-state index >= 15 is 0 Å². The van der Waals surface area contributed by atoms with Crippen molar-refractivity contribution in [1.29, 1.82) is 0 Å². The summed E-state index contributed by atoms with van der Waals surface area (Å²) in [5.74, 6) is -0.957. The molecule has 0 aliphatic carbocycles. The van der Waals surface area contributed by atoms with Crippen LogP contribution < -0.4 is 0 Å². The van der Waals surface area contributed by atoms with Crippen molar-refractivity contribution in [2.75, 3.05) is 0 Å². The molecule has 1 aromatic heterocycles. The first kappa shape index (κ1) is 17.0. The highest BCUT2D eigenvalue weighted by molar-refractivity contribution is 5.93. The number of carbonyl (C=O) groups is 1. The van der Waals surface area contributed by atoms with Crippen LogP contribution in [0, 0.1) is 6.92 Å². The average molecular weight is 353 g/mol. The summed E-state index contributed by atoms with van der Waals surface area (Å²) < 4.78 is 0. The topological polar surface area (TPSA) is 50.2 Å². The second-order valence-corrected chi connectivity index (χ2v) is 6.65. The summed E-state index contributed by atoms with van der Waals surface area (Å²) in [5, 5.41) is 10.0. The van der Waals surface area contributed by atoms with Crippen LogP contribution in [0.3, 0.4) is 0 Å². The molecule has 0 saturated heterocycles. The lowest BCUT2D eigenvalue weighted by Crippen LogP contribution is -1.99. The van der Waals surface area contributed by atoms with E-state index in [4.69, 9.17) is 0 Å². The largest absolute Gasteiger partial charge is 0.478 e. The number of aromatic carboxylic acids is 1. The average Bonchev–Trinajstić information content (AvgIpc) is 2.70. The smallest absolute Gasteiger partial charge is 0.337 e. The summed E-state index contributed by atoms with van der Waals surface area (Å²) in [7, 11) is 0. The molecule has 132 valence electrons. The molecule has 27 heavy (non-hydrogen) atoms. The molecule has 0 bridgehead atoms. The number of benzene rings is 3. The van der Waals surface area contributed by atoms with Crippen LogP contribution in [0.1, 0.15) is 27.0 Å². The third-order valence-electron chi connectivity index (χ3n) is 4.95. The Kier molecular flexibility index (Phi) is 4.43. The Morgan fingerprint density at radius 3 is 2.44 bits per heavy atom. The minimum atomic E-state index is -0.957. The maximum Gasteiger partial charge on any atom is 0.337 e. The van der Waals surface area contributed by atoms with Crippen molar-refractivity contribution in [3.8, 4) is 11.1 Å². The Hall–Kier alpha value is -3.46. The second kappa shape index (κ2) is 7.04. The van der Waals surface area contributed by atoms with Crippen LogP contribution in [0.15, 0.2) is 79.0 Å². The minimum Gasteiger partial charge on any atom is -0.478 e. The Morgan fingerprint density at radius 1 is 0.926 bits per heavy atom. The first-order valence-electron chi connectivity index (χ1n) is 8.88. The van der Waals surface area contributed by atoms with Gasteiger partial charge in [0, 0.05) is 11.6 Å².